The van der Waals surface area contributed by atoms with Gasteiger partial charge in [-0.3, -0.25) is 9.78 Å². The molecule has 4 nitrogen and oxygen atoms in total. The average molecular weight is 363 g/mol. The third kappa shape index (κ3) is 3.85. The Hall–Kier alpha value is -2.74. The number of hydrogen-bond donors (Lipinski definition) is 1. The highest BCUT2D eigenvalue weighted by Crippen LogP contribution is 2.20. The van der Waals surface area contributed by atoms with Gasteiger partial charge < -0.3 is 5.32 Å². The molecule has 0 aliphatic heterocycles. The number of nitrogens with one attached hydrogen (secondary N) is 1. The molecule has 0 saturated heterocycles. The van der Waals surface area contributed by atoms with Crippen molar-refractivity contribution in [3.05, 3.63) is 69.9 Å². The summed E-state index contributed by atoms with van der Waals surface area (Å²) in [7, 11) is 0. The molecule has 1 N–H and O–H groups in total. The third-order valence-electron chi connectivity index (χ3n) is 3.38. The summed E-state index contributed by atoms with van der Waals surface area (Å²) in [4.78, 5) is 20.5. The summed E-state index contributed by atoms with van der Waals surface area (Å²) in [5.41, 5.74) is 0.948. The van der Waals surface area contributed by atoms with E-state index < -0.39 is 28.9 Å². The molecule has 0 unspecified atom stereocenters. The topological polar surface area (TPSA) is 54.9 Å². The highest BCUT2D eigenvalue weighted by molar-refractivity contribution is 7.09. The minimum absolute atomic E-state index is 0.187. The molecule has 0 fully saturated rings. The molecule has 0 aliphatic carbocycles. The van der Waals surface area contributed by atoms with Crippen molar-refractivity contribution in [1.29, 1.82) is 0 Å². The molecule has 8 heteroatoms. The Bertz CT molecular complexity index is 899. The van der Waals surface area contributed by atoms with Gasteiger partial charge in [-0.05, 0) is 24.3 Å². The highest BCUT2D eigenvalue weighted by Gasteiger charge is 2.18. The second kappa shape index (κ2) is 7.43. The molecular formula is C17H12F3N3OS. The minimum Gasteiger partial charge on any atom is -0.352 e. The lowest BCUT2D eigenvalue weighted by molar-refractivity contribution is 0.0949. The number of nitrogens with zero attached hydrogens (tertiary/aromatic N) is 2. The fourth-order valence-electron chi connectivity index (χ4n) is 2.14. The lowest BCUT2D eigenvalue weighted by Crippen LogP contribution is -2.27. The van der Waals surface area contributed by atoms with Gasteiger partial charge in [0.2, 0.25) is 0 Å². The van der Waals surface area contributed by atoms with Crippen LogP contribution in [-0.2, 0) is 6.42 Å². The molecule has 0 saturated carbocycles. The number of pyridine rings is 1. The standard InChI is InChI=1S/C17H12F3N3OS/c18-11-5-4-10(15(19)16(11)20)17(24)22-8-6-14-23-13(9-25-14)12-3-1-2-7-21-12/h1-5,7,9H,6,8H2,(H,22,24). The summed E-state index contributed by atoms with van der Waals surface area (Å²) in [5, 5.41) is 5.09. The maximum atomic E-state index is 13.6. The second-order valence-corrected chi connectivity index (χ2v) is 6.01. The fourth-order valence-corrected chi connectivity index (χ4v) is 2.93. The first kappa shape index (κ1) is 17.1. The van der Waals surface area contributed by atoms with Crippen LogP contribution in [0.1, 0.15) is 15.4 Å². The molecule has 25 heavy (non-hydrogen) atoms. The first-order valence-electron chi connectivity index (χ1n) is 7.34. The molecular weight excluding hydrogens is 351 g/mol. The van der Waals surface area contributed by atoms with E-state index in [1.54, 1.807) is 6.20 Å². The van der Waals surface area contributed by atoms with Gasteiger partial charge in [0, 0.05) is 24.5 Å². The van der Waals surface area contributed by atoms with Crippen LogP contribution in [0.25, 0.3) is 11.4 Å². The smallest absolute Gasteiger partial charge is 0.254 e. The summed E-state index contributed by atoms with van der Waals surface area (Å²) in [6.45, 7) is 0.187. The summed E-state index contributed by atoms with van der Waals surface area (Å²) < 4.78 is 39.6. The van der Waals surface area contributed by atoms with Crippen LogP contribution in [0.3, 0.4) is 0 Å². The number of thiazole rings is 1. The zero-order valence-corrected chi connectivity index (χ0v) is 13.6. The largest absolute Gasteiger partial charge is 0.352 e. The van der Waals surface area contributed by atoms with Crippen LogP contribution in [0.5, 0.6) is 0 Å². The van der Waals surface area contributed by atoms with E-state index >= 15 is 0 Å². The number of carbonyl (C=O) groups is 1. The van der Waals surface area contributed by atoms with Gasteiger partial charge in [-0.1, -0.05) is 6.07 Å². The van der Waals surface area contributed by atoms with Crippen molar-refractivity contribution in [1.82, 2.24) is 15.3 Å². The zero-order chi connectivity index (χ0) is 17.8. The van der Waals surface area contributed by atoms with Crippen molar-refractivity contribution >= 4 is 17.2 Å². The maximum Gasteiger partial charge on any atom is 0.254 e. The molecule has 0 spiro atoms. The predicted octanol–water partition coefficient (Wildman–Crippen LogP) is 3.59. The molecule has 3 aromatic rings. The molecule has 0 radical (unpaired) electrons. The number of amides is 1. The first-order chi connectivity index (χ1) is 12.1. The molecule has 3 rings (SSSR count). The van der Waals surface area contributed by atoms with Gasteiger partial charge in [-0.2, -0.15) is 0 Å². The molecule has 2 heterocycles. The summed E-state index contributed by atoms with van der Waals surface area (Å²) in [6.07, 6.45) is 2.10. The molecule has 1 amide bonds. The average Bonchev–Trinajstić information content (AvgIpc) is 3.09. The van der Waals surface area contributed by atoms with E-state index in [2.05, 4.69) is 15.3 Å². The fraction of sp³-hybridized carbons (Fsp3) is 0.118. The SMILES string of the molecule is O=C(NCCc1nc(-c2ccccn2)cs1)c1ccc(F)c(F)c1F. The Kier molecular flexibility index (Phi) is 5.08. The second-order valence-electron chi connectivity index (χ2n) is 5.07. The van der Waals surface area contributed by atoms with Crippen molar-refractivity contribution in [2.45, 2.75) is 6.42 Å². The van der Waals surface area contributed by atoms with E-state index in [4.69, 9.17) is 0 Å². The molecule has 1 aromatic carbocycles. The van der Waals surface area contributed by atoms with Crippen LogP contribution < -0.4 is 5.32 Å². The summed E-state index contributed by atoms with van der Waals surface area (Å²) in [5.74, 6) is -5.30. The van der Waals surface area contributed by atoms with Crippen molar-refractivity contribution < 1.29 is 18.0 Å². The highest BCUT2D eigenvalue weighted by atomic mass is 32.1. The van der Waals surface area contributed by atoms with Gasteiger partial charge in [0.25, 0.3) is 5.91 Å². The van der Waals surface area contributed by atoms with Crippen LogP contribution >= 0.6 is 11.3 Å². The van der Waals surface area contributed by atoms with Crippen LogP contribution in [0.2, 0.25) is 0 Å². The van der Waals surface area contributed by atoms with E-state index in [9.17, 15) is 18.0 Å². The van der Waals surface area contributed by atoms with E-state index in [0.29, 0.717) is 12.5 Å². The number of aromatic nitrogens is 2. The quantitative estimate of drug-likeness (QED) is 0.705. The van der Waals surface area contributed by atoms with Crippen molar-refractivity contribution in [2.75, 3.05) is 6.54 Å². The number of rotatable bonds is 5. The zero-order valence-electron chi connectivity index (χ0n) is 12.8. The lowest BCUT2D eigenvalue weighted by atomic mass is 10.2. The molecule has 0 bridgehead atoms. The van der Waals surface area contributed by atoms with E-state index in [0.717, 1.165) is 22.5 Å². The van der Waals surface area contributed by atoms with Crippen LogP contribution in [0.15, 0.2) is 41.9 Å². The molecule has 2 aromatic heterocycles. The van der Waals surface area contributed by atoms with Crippen LogP contribution in [-0.4, -0.2) is 22.4 Å². The van der Waals surface area contributed by atoms with E-state index in [-0.39, 0.29) is 6.54 Å². The molecule has 0 aliphatic rings. The van der Waals surface area contributed by atoms with Gasteiger partial charge in [-0.15, -0.1) is 11.3 Å². The van der Waals surface area contributed by atoms with Crippen molar-refractivity contribution in [3.8, 4) is 11.4 Å². The van der Waals surface area contributed by atoms with Gasteiger partial charge in [0.15, 0.2) is 17.5 Å². The van der Waals surface area contributed by atoms with Gasteiger partial charge >= 0.3 is 0 Å². The Morgan fingerprint density at radius 3 is 2.68 bits per heavy atom. The van der Waals surface area contributed by atoms with Gasteiger partial charge in [0.1, 0.15) is 0 Å². The van der Waals surface area contributed by atoms with E-state index in [1.165, 1.54) is 11.3 Å². The van der Waals surface area contributed by atoms with E-state index in [1.807, 2.05) is 23.6 Å². The van der Waals surface area contributed by atoms with Crippen LogP contribution in [0, 0.1) is 17.5 Å². The third-order valence-corrected chi connectivity index (χ3v) is 4.29. The normalized spacial score (nSPS) is 10.7. The number of benzene rings is 1. The first-order valence-corrected chi connectivity index (χ1v) is 8.21. The Balaban J connectivity index is 1.59. The lowest BCUT2D eigenvalue weighted by Gasteiger charge is -2.06. The predicted molar refractivity (Wildman–Crippen MR) is 87.7 cm³/mol. The summed E-state index contributed by atoms with van der Waals surface area (Å²) in [6, 6.07) is 7.13. The Morgan fingerprint density at radius 1 is 1.08 bits per heavy atom. The molecule has 0 atom stereocenters. The number of halogens is 3. The Labute approximate surface area is 145 Å². The van der Waals surface area contributed by atoms with Crippen LogP contribution in [0.4, 0.5) is 13.2 Å². The number of carbonyl (C=O) groups excluding carboxylic acids is 1. The van der Waals surface area contributed by atoms with Crippen molar-refractivity contribution in [3.63, 3.8) is 0 Å². The Morgan fingerprint density at radius 2 is 1.92 bits per heavy atom. The number of hydrogen-bond acceptors (Lipinski definition) is 4. The summed E-state index contributed by atoms with van der Waals surface area (Å²) >= 11 is 1.41. The maximum absolute atomic E-state index is 13.6. The van der Waals surface area contributed by atoms with Gasteiger partial charge in [-0.25, -0.2) is 18.2 Å². The minimum atomic E-state index is -1.66. The van der Waals surface area contributed by atoms with Gasteiger partial charge in [0.05, 0.1) is 22.0 Å². The van der Waals surface area contributed by atoms with Crippen molar-refractivity contribution in [2.24, 2.45) is 0 Å². The molecule has 128 valence electrons. The monoisotopic (exact) mass is 363 g/mol.